The highest BCUT2D eigenvalue weighted by atomic mass is 79.9. The standard InChI is InChI=1S/C13H14BrNO2S/c1-13(2,3)10-7-18-11(15-10)6-9(16)8-4-5-17-12(8)14/h4-5,7H,6H2,1-3H3. The summed E-state index contributed by atoms with van der Waals surface area (Å²) in [4.78, 5) is 16.5. The van der Waals surface area contributed by atoms with Crippen molar-refractivity contribution in [2.75, 3.05) is 0 Å². The van der Waals surface area contributed by atoms with Gasteiger partial charge in [0.2, 0.25) is 0 Å². The van der Waals surface area contributed by atoms with Crippen molar-refractivity contribution in [1.29, 1.82) is 0 Å². The lowest BCUT2D eigenvalue weighted by molar-refractivity contribution is 0.0991. The van der Waals surface area contributed by atoms with Crippen LogP contribution in [0.2, 0.25) is 0 Å². The quantitative estimate of drug-likeness (QED) is 0.792. The SMILES string of the molecule is CC(C)(C)c1csc(CC(=O)c2ccoc2Br)n1. The lowest BCUT2D eigenvalue weighted by Gasteiger charge is -2.14. The first-order valence-corrected chi connectivity index (χ1v) is 7.26. The third-order valence-corrected chi connectivity index (χ3v) is 4.01. The Morgan fingerprint density at radius 3 is 2.72 bits per heavy atom. The summed E-state index contributed by atoms with van der Waals surface area (Å²) in [6, 6.07) is 1.67. The molecular weight excluding hydrogens is 314 g/mol. The maximum absolute atomic E-state index is 12.0. The minimum Gasteiger partial charge on any atom is -0.457 e. The summed E-state index contributed by atoms with van der Waals surface area (Å²) in [6.45, 7) is 6.33. The van der Waals surface area contributed by atoms with Crippen LogP contribution in [0.4, 0.5) is 0 Å². The zero-order valence-electron chi connectivity index (χ0n) is 10.5. The Labute approximate surface area is 118 Å². The van der Waals surface area contributed by atoms with Crippen molar-refractivity contribution in [2.45, 2.75) is 32.6 Å². The number of furan rings is 1. The molecule has 0 aliphatic rings. The number of carbonyl (C=O) groups excluding carboxylic acids is 1. The molecule has 96 valence electrons. The highest BCUT2D eigenvalue weighted by Gasteiger charge is 2.19. The first kappa shape index (κ1) is 13.5. The van der Waals surface area contributed by atoms with Crippen molar-refractivity contribution < 1.29 is 9.21 Å². The molecule has 5 heteroatoms. The van der Waals surface area contributed by atoms with Crippen molar-refractivity contribution in [1.82, 2.24) is 4.98 Å². The summed E-state index contributed by atoms with van der Waals surface area (Å²) < 4.78 is 5.55. The van der Waals surface area contributed by atoms with Gasteiger partial charge in [0.05, 0.1) is 23.9 Å². The Kier molecular flexibility index (Phi) is 3.73. The van der Waals surface area contributed by atoms with Crippen LogP contribution in [-0.2, 0) is 11.8 Å². The van der Waals surface area contributed by atoms with Crippen molar-refractivity contribution >= 4 is 33.0 Å². The van der Waals surface area contributed by atoms with Crippen LogP contribution >= 0.6 is 27.3 Å². The maximum Gasteiger partial charge on any atom is 0.179 e. The summed E-state index contributed by atoms with van der Waals surface area (Å²) in [5, 5.41) is 2.87. The van der Waals surface area contributed by atoms with Crippen LogP contribution in [0.25, 0.3) is 0 Å². The number of nitrogens with zero attached hydrogens (tertiary/aromatic N) is 1. The van der Waals surface area contributed by atoms with Gasteiger partial charge < -0.3 is 4.42 Å². The van der Waals surface area contributed by atoms with Gasteiger partial charge in [-0.3, -0.25) is 4.79 Å². The largest absolute Gasteiger partial charge is 0.457 e. The molecule has 0 aliphatic heterocycles. The second kappa shape index (κ2) is 4.97. The van der Waals surface area contributed by atoms with Gasteiger partial charge in [0.1, 0.15) is 5.01 Å². The third-order valence-electron chi connectivity index (χ3n) is 2.55. The van der Waals surface area contributed by atoms with E-state index in [0.717, 1.165) is 10.7 Å². The van der Waals surface area contributed by atoms with Gasteiger partial charge in [-0.1, -0.05) is 20.8 Å². The number of Topliss-reactive ketones (excluding diaryl/α,β-unsaturated/α-hetero) is 1. The van der Waals surface area contributed by atoms with E-state index in [2.05, 4.69) is 41.7 Å². The Morgan fingerprint density at radius 1 is 1.50 bits per heavy atom. The summed E-state index contributed by atoms with van der Waals surface area (Å²) in [5.41, 5.74) is 1.62. The van der Waals surface area contributed by atoms with Gasteiger partial charge in [-0.2, -0.15) is 0 Å². The Balaban J connectivity index is 2.13. The monoisotopic (exact) mass is 327 g/mol. The van der Waals surface area contributed by atoms with E-state index in [0.29, 0.717) is 16.7 Å². The highest BCUT2D eigenvalue weighted by Crippen LogP contribution is 2.25. The van der Waals surface area contributed by atoms with E-state index in [9.17, 15) is 4.79 Å². The Bertz CT molecular complexity index is 566. The van der Waals surface area contributed by atoms with Crippen molar-refractivity contribution in [3.05, 3.63) is 38.6 Å². The second-order valence-electron chi connectivity index (χ2n) is 5.08. The normalized spacial score (nSPS) is 11.8. The Morgan fingerprint density at radius 2 is 2.22 bits per heavy atom. The predicted octanol–water partition coefficient (Wildman–Crippen LogP) is 4.22. The molecule has 0 amide bonds. The average Bonchev–Trinajstić information content (AvgIpc) is 2.85. The number of rotatable bonds is 3. The van der Waals surface area contributed by atoms with E-state index in [1.807, 2.05) is 5.38 Å². The highest BCUT2D eigenvalue weighted by molar-refractivity contribution is 9.10. The summed E-state index contributed by atoms with van der Waals surface area (Å²) in [7, 11) is 0. The molecule has 18 heavy (non-hydrogen) atoms. The number of ketones is 1. The first-order valence-electron chi connectivity index (χ1n) is 5.59. The fraction of sp³-hybridized carbons (Fsp3) is 0.385. The molecule has 0 radical (unpaired) electrons. The van der Waals surface area contributed by atoms with Crippen LogP contribution in [0.5, 0.6) is 0 Å². The van der Waals surface area contributed by atoms with E-state index >= 15 is 0 Å². The summed E-state index contributed by atoms with van der Waals surface area (Å²) in [5.74, 6) is 0.0189. The predicted molar refractivity (Wildman–Crippen MR) is 75.3 cm³/mol. The van der Waals surface area contributed by atoms with Crippen LogP contribution < -0.4 is 0 Å². The number of hydrogen-bond acceptors (Lipinski definition) is 4. The van der Waals surface area contributed by atoms with E-state index in [-0.39, 0.29) is 11.2 Å². The summed E-state index contributed by atoms with van der Waals surface area (Å²) >= 11 is 4.74. The molecule has 2 aromatic heterocycles. The smallest absolute Gasteiger partial charge is 0.179 e. The van der Waals surface area contributed by atoms with Crippen LogP contribution in [0.1, 0.15) is 41.8 Å². The molecule has 0 N–H and O–H groups in total. The first-order chi connectivity index (χ1) is 8.38. The lowest BCUT2D eigenvalue weighted by Crippen LogP contribution is -2.12. The molecule has 0 bridgehead atoms. The van der Waals surface area contributed by atoms with Gasteiger partial charge in [-0.15, -0.1) is 11.3 Å². The molecule has 2 heterocycles. The van der Waals surface area contributed by atoms with E-state index in [4.69, 9.17) is 4.42 Å². The van der Waals surface area contributed by atoms with Gasteiger partial charge in [-0.25, -0.2) is 4.98 Å². The fourth-order valence-corrected chi connectivity index (χ4v) is 2.94. The number of aromatic nitrogens is 1. The van der Waals surface area contributed by atoms with Crippen LogP contribution in [0.3, 0.4) is 0 Å². The molecule has 0 fully saturated rings. The van der Waals surface area contributed by atoms with Gasteiger partial charge >= 0.3 is 0 Å². The lowest BCUT2D eigenvalue weighted by atomic mass is 9.93. The molecule has 0 spiro atoms. The zero-order chi connectivity index (χ0) is 13.3. The van der Waals surface area contributed by atoms with Crippen LogP contribution in [0, 0.1) is 0 Å². The number of carbonyl (C=O) groups is 1. The molecule has 2 rings (SSSR count). The molecule has 3 nitrogen and oxygen atoms in total. The topological polar surface area (TPSA) is 43.1 Å². The van der Waals surface area contributed by atoms with Crippen molar-refractivity contribution in [3.8, 4) is 0 Å². The molecule has 0 aliphatic carbocycles. The van der Waals surface area contributed by atoms with Gasteiger partial charge in [0, 0.05) is 10.8 Å². The van der Waals surface area contributed by atoms with Gasteiger partial charge in [0.25, 0.3) is 0 Å². The molecule has 0 aromatic carbocycles. The van der Waals surface area contributed by atoms with Gasteiger partial charge in [-0.05, 0) is 22.0 Å². The minimum absolute atomic E-state index is 0.0189. The molecule has 0 atom stereocenters. The molecule has 0 saturated heterocycles. The average molecular weight is 328 g/mol. The van der Waals surface area contributed by atoms with Crippen LogP contribution in [0.15, 0.2) is 26.8 Å². The molecule has 0 saturated carbocycles. The van der Waals surface area contributed by atoms with Crippen molar-refractivity contribution in [2.24, 2.45) is 0 Å². The van der Waals surface area contributed by atoms with E-state index < -0.39 is 0 Å². The Hall–Kier alpha value is -0.940. The fourth-order valence-electron chi connectivity index (χ4n) is 1.46. The molecule has 2 aromatic rings. The van der Waals surface area contributed by atoms with E-state index in [1.165, 1.54) is 17.6 Å². The number of halogens is 1. The number of hydrogen-bond donors (Lipinski definition) is 0. The number of thiazole rings is 1. The maximum atomic E-state index is 12.0. The minimum atomic E-state index is 0.0189. The van der Waals surface area contributed by atoms with Gasteiger partial charge in [0.15, 0.2) is 10.5 Å². The molecule has 0 unspecified atom stereocenters. The molecular formula is C13H14BrNO2S. The van der Waals surface area contributed by atoms with Crippen molar-refractivity contribution in [3.63, 3.8) is 0 Å². The zero-order valence-corrected chi connectivity index (χ0v) is 12.9. The summed E-state index contributed by atoms with van der Waals surface area (Å²) in [6.07, 6.45) is 1.82. The third kappa shape index (κ3) is 2.90. The van der Waals surface area contributed by atoms with E-state index in [1.54, 1.807) is 6.07 Å². The second-order valence-corrected chi connectivity index (χ2v) is 6.75. The van der Waals surface area contributed by atoms with Crippen LogP contribution in [-0.4, -0.2) is 10.8 Å².